The first-order valence-corrected chi connectivity index (χ1v) is 10.0. The second kappa shape index (κ2) is 7.37. The quantitative estimate of drug-likeness (QED) is 0.797. The zero-order valence-corrected chi connectivity index (χ0v) is 16.6. The Morgan fingerprint density at radius 2 is 2.07 bits per heavy atom. The number of hydrogen-bond donors (Lipinski definition) is 0. The minimum atomic E-state index is -0.433. The van der Waals surface area contributed by atoms with Gasteiger partial charge in [-0.25, -0.2) is 0 Å². The van der Waals surface area contributed by atoms with Gasteiger partial charge in [-0.15, -0.1) is 0 Å². The van der Waals surface area contributed by atoms with Crippen molar-refractivity contribution in [2.24, 2.45) is 5.41 Å². The molecule has 7 heteroatoms. The van der Waals surface area contributed by atoms with E-state index in [1.807, 2.05) is 39.6 Å². The number of hydrogen-bond acceptors (Lipinski definition) is 4. The summed E-state index contributed by atoms with van der Waals surface area (Å²) in [5.74, 6) is 0.152. The molecule has 0 saturated carbocycles. The first-order valence-electron chi connectivity index (χ1n) is 10.0. The molecule has 4 heterocycles. The average Bonchev–Trinajstić information content (AvgIpc) is 3.38. The van der Waals surface area contributed by atoms with Crippen molar-refractivity contribution in [2.45, 2.75) is 46.2 Å². The molecule has 4 rings (SSSR count). The van der Waals surface area contributed by atoms with Gasteiger partial charge < -0.3 is 9.80 Å². The monoisotopic (exact) mass is 381 g/mol. The molecule has 7 nitrogen and oxygen atoms in total. The lowest BCUT2D eigenvalue weighted by Crippen LogP contribution is -2.38. The van der Waals surface area contributed by atoms with Crippen molar-refractivity contribution >= 4 is 11.8 Å². The molecule has 1 atom stereocenters. The number of aryl methyl sites for hydroxylation is 1. The molecule has 0 bridgehead atoms. The van der Waals surface area contributed by atoms with Gasteiger partial charge >= 0.3 is 0 Å². The summed E-state index contributed by atoms with van der Waals surface area (Å²) >= 11 is 0. The SMILES string of the molecule is CCCn1ncc(C(=O)N2CCC3(CCN(Cc4ccccn4)C3=O)C2)c1C. The molecule has 2 saturated heterocycles. The van der Waals surface area contributed by atoms with Crippen LogP contribution in [0.2, 0.25) is 0 Å². The van der Waals surface area contributed by atoms with E-state index in [0.29, 0.717) is 25.2 Å². The minimum Gasteiger partial charge on any atom is -0.337 e. The van der Waals surface area contributed by atoms with Gasteiger partial charge in [0.1, 0.15) is 0 Å². The molecule has 2 aromatic rings. The lowest BCUT2D eigenvalue weighted by Gasteiger charge is -2.23. The van der Waals surface area contributed by atoms with Crippen LogP contribution in [0.4, 0.5) is 0 Å². The number of carbonyl (C=O) groups excluding carboxylic acids is 2. The van der Waals surface area contributed by atoms with Crippen LogP contribution in [-0.2, 0) is 17.9 Å². The van der Waals surface area contributed by atoms with Crippen LogP contribution in [0.15, 0.2) is 30.6 Å². The fourth-order valence-electron chi connectivity index (χ4n) is 4.42. The van der Waals surface area contributed by atoms with Gasteiger partial charge in [-0.1, -0.05) is 13.0 Å². The van der Waals surface area contributed by atoms with E-state index < -0.39 is 5.41 Å². The summed E-state index contributed by atoms with van der Waals surface area (Å²) in [6.07, 6.45) is 5.93. The van der Waals surface area contributed by atoms with Gasteiger partial charge in [0.05, 0.1) is 29.4 Å². The van der Waals surface area contributed by atoms with E-state index in [2.05, 4.69) is 17.0 Å². The highest BCUT2D eigenvalue weighted by Crippen LogP contribution is 2.41. The molecule has 2 amide bonds. The van der Waals surface area contributed by atoms with Crippen LogP contribution in [0.5, 0.6) is 0 Å². The van der Waals surface area contributed by atoms with Crippen molar-refractivity contribution in [3.8, 4) is 0 Å². The molecule has 0 aromatic carbocycles. The molecular formula is C21H27N5O2. The summed E-state index contributed by atoms with van der Waals surface area (Å²) in [6.45, 7) is 7.24. The maximum atomic E-state index is 13.1. The Labute approximate surface area is 165 Å². The third-order valence-corrected chi connectivity index (χ3v) is 6.09. The van der Waals surface area contributed by atoms with Crippen LogP contribution >= 0.6 is 0 Å². The van der Waals surface area contributed by atoms with Gasteiger partial charge in [-0.2, -0.15) is 5.10 Å². The van der Waals surface area contributed by atoms with Crippen LogP contribution in [-0.4, -0.2) is 56.0 Å². The standard InChI is InChI=1S/C21H27N5O2/c1-3-10-26-16(2)18(13-23-26)19(27)25-12-8-21(15-25)7-11-24(20(21)28)14-17-6-4-5-9-22-17/h4-6,9,13H,3,7-8,10-12,14-15H2,1-2H3. The van der Waals surface area contributed by atoms with Crippen LogP contribution in [0.25, 0.3) is 0 Å². The van der Waals surface area contributed by atoms with Crippen LogP contribution in [0.3, 0.4) is 0 Å². The number of pyridine rings is 1. The van der Waals surface area contributed by atoms with E-state index in [1.165, 1.54) is 0 Å². The fourth-order valence-corrected chi connectivity index (χ4v) is 4.42. The topological polar surface area (TPSA) is 71.3 Å². The number of rotatable bonds is 5. The Bertz CT molecular complexity index is 878. The molecule has 2 aromatic heterocycles. The second-order valence-corrected chi connectivity index (χ2v) is 7.92. The van der Waals surface area contributed by atoms with Gasteiger partial charge in [-0.05, 0) is 38.3 Å². The Morgan fingerprint density at radius 3 is 2.82 bits per heavy atom. The lowest BCUT2D eigenvalue weighted by atomic mass is 9.85. The van der Waals surface area contributed by atoms with E-state index in [4.69, 9.17) is 0 Å². The highest BCUT2D eigenvalue weighted by atomic mass is 16.2. The molecule has 1 unspecified atom stereocenters. The fraction of sp³-hybridized carbons (Fsp3) is 0.524. The van der Waals surface area contributed by atoms with Gasteiger partial charge in [0, 0.05) is 38.1 Å². The first kappa shape index (κ1) is 18.7. The Kier molecular flexibility index (Phi) is 4.91. The van der Waals surface area contributed by atoms with E-state index in [0.717, 1.165) is 43.7 Å². The third-order valence-electron chi connectivity index (χ3n) is 6.09. The molecule has 2 aliphatic heterocycles. The summed E-state index contributed by atoms with van der Waals surface area (Å²) in [4.78, 5) is 34.2. The van der Waals surface area contributed by atoms with Crippen molar-refractivity contribution < 1.29 is 9.59 Å². The highest BCUT2D eigenvalue weighted by Gasteiger charge is 2.51. The lowest BCUT2D eigenvalue weighted by molar-refractivity contribution is -0.135. The summed E-state index contributed by atoms with van der Waals surface area (Å²) in [5, 5.41) is 4.35. The van der Waals surface area contributed by atoms with E-state index >= 15 is 0 Å². The third kappa shape index (κ3) is 3.19. The summed E-state index contributed by atoms with van der Waals surface area (Å²) in [6, 6.07) is 5.76. The predicted octanol–water partition coefficient (Wildman–Crippen LogP) is 2.26. The second-order valence-electron chi connectivity index (χ2n) is 7.92. The van der Waals surface area contributed by atoms with E-state index in [1.54, 1.807) is 12.4 Å². The molecule has 28 heavy (non-hydrogen) atoms. The van der Waals surface area contributed by atoms with Crippen molar-refractivity contribution in [1.29, 1.82) is 0 Å². The Morgan fingerprint density at radius 1 is 1.25 bits per heavy atom. The molecule has 0 radical (unpaired) electrons. The number of nitrogens with zero attached hydrogens (tertiary/aromatic N) is 5. The maximum absolute atomic E-state index is 13.1. The number of carbonyl (C=O) groups is 2. The van der Waals surface area contributed by atoms with Crippen LogP contribution < -0.4 is 0 Å². The van der Waals surface area contributed by atoms with Crippen molar-refractivity contribution in [1.82, 2.24) is 24.6 Å². The molecule has 2 aliphatic rings. The molecule has 0 aliphatic carbocycles. The van der Waals surface area contributed by atoms with Gasteiger partial charge in [0.15, 0.2) is 0 Å². The molecule has 2 fully saturated rings. The smallest absolute Gasteiger partial charge is 0.257 e. The largest absolute Gasteiger partial charge is 0.337 e. The van der Waals surface area contributed by atoms with E-state index in [9.17, 15) is 9.59 Å². The average molecular weight is 381 g/mol. The Hall–Kier alpha value is -2.70. The van der Waals surface area contributed by atoms with Crippen molar-refractivity contribution in [3.05, 3.63) is 47.5 Å². The highest BCUT2D eigenvalue weighted by molar-refractivity contribution is 5.96. The molecular weight excluding hydrogens is 354 g/mol. The summed E-state index contributed by atoms with van der Waals surface area (Å²) in [5.41, 5.74) is 2.03. The van der Waals surface area contributed by atoms with Crippen molar-refractivity contribution in [3.63, 3.8) is 0 Å². The molecule has 148 valence electrons. The normalized spacial score (nSPS) is 21.9. The predicted molar refractivity (Wildman–Crippen MR) is 104 cm³/mol. The van der Waals surface area contributed by atoms with Crippen molar-refractivity contribution in [2.75, 3.05) is 19.6 Å². The van der Waals surface area contributed by atoms with E-state index in [-0.39, 0.29) is 11.8 Å². The number of aromatic nitrogens is 3. The van der Waals surface area contributed by atoms with Gasteiger partial charge in [-0.3, -0.25) is 19.3 Å². The van der Waals surface area contributed by atoms with Gasteiger partial charge in [0.2, 0.25) is 5.91 Å². The zero-order valence-electron chi connectivity index (χ0n) is 16.6. The molecule has 1 spiro atoms. The minimum absolute atomic E-state index is 0.00676. The first-order chi connectivity index (χ1) is 13.5. The van der Waals surface area contributed by atoms with Crippen LogP contribution in [0.1, 0.15) is 47.9 Å². The maximum Gasteiger partial charge on any atom is 0.257 e. The summed E-state index contributed by atoms with van der Waals surface area (Å²) in [7, 11) is 0. The van der Waals surface area contributed by atoms with Crippen LogP contribution in [0, 0.1) is 12.3 Å². The Balaban J connectivity index is 1.45. The number of likely N-dealkylation sites (tertiary alicyclic amines) is 2. The zero-order chi connectivity index (χ0) is 19.7. The summed E-state index contributed by atoms with van der Waals surface area (Å²) < 4.78 is 1.88. The number of amides is 2. The van der Waals surface area contributed by atoms with Gasteiger partial charge in [0.25, 0.3) is 5.91 Å². The molecule has 0 N–H and O–H groups in total.